The van der Waals surface area contributed by atoms with Gasteiger partial charge in [0.25, 0.3) is 5.91 Å². The summed E-state index contributed by atoms with van der Waals surface area (Å²) in [5.41, 5.74) is 3.83. The minimum atomic E-state index is -0.977. The van der Waals surface area contributed by atoms with Crippen molar-refractivity contribution in [1.82, 2.24) is 10.6 Å². The number of hydrogen-bond acceptors (Lipinski definition) is 3. The summed E-state index contributed by atoms with van der Waals surface area (Å²) in [5, 5.41) is 5.64. The number of carbonyl (C=O) groups is 3. The molecular formula is C33H32N2O3. The van der Waals surface area contributed by atoms with E-state index in [1.54, 1.807) is 0 Å². The Hall–Kier alpha value is -4.51. The van der Waals surface area contributed by atoms with E-state index in [2.05, 4.69) is 10.6 Å². The highest BCUT2D eigenvalue weighted by Crippen LogP contribution is 2.16. The lowest BCUT2D eigenvalue weighted by Crippen LogP contribution is -2.50. The SMILES string of the molecule is O=C(NCc1ccccc1)C(=O)[C@H](Cc1ccccc1)NC(=O)C(Cc1ccccc1)Cc1ccccc1. The second kappa shape index (κ2) is 13.7. The lowest BCUT2D eigenvalue weighted by atomic mass is 9.91. The van der Waals surface area contributed by atoms with Gasteiger partial charge in [-0.05, 0) is 35.1 Å². The van der Waals surface area contributed by atoms with Gasteiger partial charge in [0.15, 0.2) is 0 Å². The van der Waals surface area contributed by atoms with Gasteiger partial charge in [-0.1, -0.05) is 121 Å². The van der Waals surface area contributed by atoms with E-state index in [0.29, 0.717) is 12.8 Å². The van der Waals surface area contributed by atoms with Gasteiger partial charge in [-0.15, -0.1) is 0 Å². The molecule has 5 nitrogen and oxygen atoms in total. The Bertz CT molecular complexity index is 1270. The average Bonchev–Trinajstić information content (AvgIpc) is 2.97. The summed E-state index contributed by atoms with van der Waals surface area (Å²) < 4.78 is 0. The van der Waals surface area contributed by atoms with Gasteiger partial charge in [-0.25, -0.2) is 0 Å². The summed E-state index contributed by atoms with van der Waals surface area (Å²) in [6.07, 6.45) is 1.27. The number of amides is 2. The van der Waals surface area contributed by atoms with Crippen LogP contribution in [0, 0.1) is 5.92 Å². The van der Waals surface area contributed by atoms with Crippen LogP contribution < -0.4 is 10.6 Å². The molecule has 1 atom stereocenters. The molecule has 0 unspecified atom stereocenters. The van der Waals surface area contributed by atoms with Crippen molar-refractivity contribution >= 4 is 17.6 Å². The average molecular weight is 505 g/mol. The molecule has 0 fully saturated rings. The fourth-order valence-corrected chi connectivity index (χ4v) is 4.43. The largest absolute Gasteiger partial charge is 0.345 e. The second-order valence-electron chi connectivity index (χ2n) is 9.36. The highest BCUT2D eigenvalue weighted by Gasteiger charge is 2.30. The predicted molar refractivity (Wildman–Crippen MR) is 149 cm³/mol. The van der Waals surface area contributed by atoms with Crippen LogP contribution >= 0.6 is 0 Å². The van der Waals surface area contributed by atoms with Gasteiger partial charge in [-0.3, -0.25) is 14.4 Å². The number of benzene rings is 4. The molecule has 5 heteroatoms. The molecule has 0 radical (unpaired) electrons. The minimum absolute atomic E-state index is 0.230. The van der Waals surface area contributed by atoms with Gasteiger partial charge in [-0.2, -0.15) is 0 Å². The summed E-state index contributed by atoms with van der Waals surface area (Å²) in [7, 11) is 0. The van der Waals surface area contributed by atoms with Gasteiger partial charge in [0.2, 0.25) is 11.7 Å². The van der Waals surface area contributed by atoms with Crippen molar-refractivity contribution in [1.29, 1.82) is 0 Å². The number of hydrogen-bond donors (Lipinski definition) is 2. The molecule has 192 valence electrons. The van der Waals surface area contributed by atoms with Crippen LogP contribution in [-0.4, -0.2) is 23.6 Å². The number of Topliss-reactive ketones (excluding diaryl/α,β-unsaturated/α-hetero) is 1. The minimum Gasteiger partial charge on any atom is -0.345 e. The van der Waals surface area contributed by atoms with Crippen molar-refractivity contribution in [2.75, 3.05) is 0 Å². The maximum Gasteiger partial charge on any atom is 0.289 e. The predicted octanol–water partition coefficient (Wildman–Crippen LogP) is 4.70. The topological polar surface area (TPSA) is 75.3 Å². The first-order chi connectivity index (χ1) is 18.6. The molecule has 0 aliphatic rings. The second-order valence-corrected chi connectivity index (χ2v) is 9.36. The van der Waals surface area contributed by atoms with Crippen LogP contribution in [0.25, 0.3) is 0 Å². The van der Waals surface area contributed by atoms with Gasteiger partial charge in [0, 0.05) is 18.9 Å². The Morgan fingerprint density at radius 1 is 0.526 bits per heavy atom. The molecule has 0 bridgehead atoms. The molecule has 0 aliphatic carbocycles. The Labute approximate surface area is 223 Å². The van der Waals surface area contributed by atoms with Crippen molar-refractivity contribution in [2.24, 2.45) is 5.92 Å². The fraction of sp³-hybridized carbons (Fsp3) is 0.182. The third kappa shape index (κ3) is 8.00. The van der Waals surface area contributed by atoms with Crippen molar-refractivity contribution in [2.45, 2.75) is 31.8 Å². The van der Waals surface area contributed by atoms with E-state index < -0.39 is 23.7 Å². The molecule has 0 heterocycles. The van der Waals surface area contributed by atoms with E-state index >= 15 is 0 Å². The molecule has 2 N–H and O–H groups in total. The van der Waals surface area contributed by atoms with Crippen molar-refractivity contribution in [3.63, 3.8) is 0 Å². The van der Waals surface area contributed by atoms with E-state index in [1.165, 1.54) is 0 Å². The van der Waals surface area contributed by atoms with Crippen LogP contribution in [0.3, 0.4) is 0 Å². The quantitative estimate of drug-likeness (QED) is 0.275. The molecule has 0 spiro atoms. The van der Waals surface area contributed by atoms with E-state index in [4.69, 9.17) is 0 Å². The molecule has 38 heavy (non-hydrogen) atoms. The monoisotopic (exact) mass is 504 g/mol. The standard InChI is InChI=1S/C33H32N2O3/c36-31(33(38)34-24-28-19-11-4-12-20-28)30(23-27-17-9-3-10-18-27)35-32(37)29(21-25-13-5-1-6-14-25)22-26-15-7-2-8-16-26/h1-20,29-30H,21-24H2,(H,34,38)(H,35,37)/t30-/m0/s1. The van der Waals surface area contributed by atoms with Crippen molar-refractivity contribution in [3.8, 4) is 0 Å². The molecule has 4 aromatic rings. The first-order valence-electron chi connectivity index (χ1n) is 12.9. The van der Waals surface area contributed by atoms with E-state index in [0.717, 1.165) is 22.3 Å². The van der Waals surface area contributed by atoms with Crippen LogP contribution in [0.4, 0.5) is 0 Å². The van der Waals surface area contributed by atoms with Crippen LogP contribution in [-0.2, 0) is 40.2 Å². The molecule has 4 rings (SSSR count). The highest BCUT2D eigenvalue weighted by atomic mass is 16.2. The Morgan fingerprint density at radius 3 is 1.37 bits per heavy atom. The molecule has 2 amide bonds. The van der Waals surface area contributed by atoms with Gasteiger partial charge >= 0.3 is 0 Å². The van der Waals surface area contributed by atoms with Crippen molar-refractivity contribution < 1.29 is 14.4 Å². The highest BCUT2D eigenvalue weighted by molar-refractivity contribution is 6.38. The summed E-state index contributed by atoms with van der Waals surface area (Å²) in [5.74, 6) is -2.02. The van der Waals surface area contributed by atoms with Crippen LogP contribution in [0.2, 0.25) is 0 Å². The number of ketones is 1. The smallest absolute Gasteiger partial charge is 0.289 e. The maximum absolute atomic E-state index is 13.7. The third-order valence-corrected chi connectivity index (χ3v) is 6.46. The van der Waals surface area contributed by atoms with Crippen LogP contribution in [0.1, 0.15) is 22.3 Å². The van der Waals surface area contributed by atoms with Gasteiger partial charge in [0.05, 0.1) is 0 Å². The fourth-order valence-electron chi connectivity index (χ4n) is 4.43. The molecule has 0 aromatic heterocycles. The van der Waals surface area contributed by atoms with E-state index in [9.17, 15) is 14.4 Å². The number of carbonyl (C=O) groups excluding carboxylic acids is 3. The Kier molecular flexibility index (Phi) is 9.57. The number of nitrogens with one attached hydrogen (secondary N) is 2. The zero-order chi connectivity index (χ0) is 26.6. The van der Waals surface area contributed by atoms with Crippen LogP contribution in [0.15, 0.2) is 121 Å². The summed E-state index contributed by atoms with van der Waals surface area (Å²) in [6, 6.07) is 37.5. The first kappa shape index (κ1) is 26.6. The maximum atomic E-state index is 13.7. The van der Waals surface area contributed by atoms with Gasteiger partial charge < -0.3 is 10.6 Å². The summed E-state index contributed by atoms with van der Waals surface area (Å²) in [4.78, 5) is 39.9. The molecule has 0 saturated carbocycles. The van der Waals surface area contributed by atoms with E-state index in [-0.39, 0.29) is 18.9 Å². The summed E-state index contributed by atoms with van der Waals surface area (Å²) >= 11 is 0. The first-order valence-corrected chi connectivity index (χ1v) is 12.9. The molecule has 0 aliphatic heterocycles. The Balaban J connectivity index is 1.52. The zero-order valence-corrected chi connectivity index (χ0v) is 21.3. The number of rotatable bonds is 12. The van der Waals surface area contributed by atoms with Crippen molar-refractivity contribution in [3.05, 3.63) is 144 Å². The Morgan fingerprint density at radius 2 is 0.921 bits per heavy atom. The third-order valence-electron chi connectivity index (χ3n) is 6.46. The molecule has 0 saturated heterocycles. The van der Waals surface area contributed by atoms with Gasteiger partial charge in [0.1, 0.15) is 6.04 Å². The zero-order valence-electron chi connectivity index (χ0n) is 21.3. The molecule has 4 aromatic carbocycles. The van der Waals surface area contributed by atoms with E-state index in [1.807, 2.05) is 121 Å². The lowest BCUT2D eigenvalue weighted by molar-refractivity contribution is -0.140. The normalized spacial score (nSPS) is 11.5. The van der Waals surface area contributed by atoms with Crippen LogP contribution in [0.5, 0.6) is 0 Å². The lowest BCUT2D eigenvalue weighted by Gasteiger charge is -2.22. The summed E-state index contributed by atoms with van der Waals surface area (Å²) in [6.45, 7) is 0.238. The molecular weight excluding hydrogens is 472 g/mol.